The molecule has 3 heterocycles. The fourth-order valence-electron chi connectivity index (χ4n) is 4.28. The molecule has 0 aliphatic carbocycles. The van der Waals surface area contributed by atoms with Gasteiger partial charge in [0.25, 0.3) is 0 Å². The third-order valence-corrected chi connectivity index (χ3v) is 8.47. The first-order valence-electron chi connectivity index (χ1n) is 9.81. The second-order valence-corrected chi connectivity index (χ2v) is 10.7. The van der Waals surface area contributed by atoms with E-state index >= 15 is 0 Å². The highest BCUT2D eigenvalue weighted by molar-refractivity contribution is 9.10. The summed E-state index contributed by atoms with van der Waals surface area (Å²) in [5.41, 5.74) is 1.13. The number of pyridine rings is 1. The lowest BCUT2D eigenvalue weighted by atomic mass is 10.1. The van der Waals surface area contributed by atoms with Crippen molar-refractivity contribution in [3.05, 3.63) is 52.6 Å². The highest BCUT2D eigenvalue weighted by atomic mass is 79.9. The van der Waals surface area contributed by atoms with Gasteiger partial charge in [0.05, 0.1) is 10.6 Å². The predicted octanol–water partition coefficient (Wildman–Crippen LogP) is 3.20. The highest BCUT2D eigenvalue weighted by Gasteiger charge is 2.41. The molecule has 2 atom stereocenters. The number of halogens is 1. The molecule has 0 saturated carbocycles. The molecule has 2 unspecified atom stereocenters. The molecule has 29 heavy (non-hydrogen) atoms. The van der Waals surface area contributed by atoms with Gasteiger partial charge in [0.2, 0.25) is 5.91 Å². The van der Waals surface area contributed by atoms with Gasteiger partial charge >= 0.3 is 0 Å². The van der Waals surface area contributed by atoms with E-state index in [1.54, 1.807) is 24.3 Å². The molecule has 1 aromatic heterocycles. The number of carbonyl (C=O) groups is 1. The van der Waals surface area contributed by atoms with E-state index in [2.05, 4.69) is 31.9 Å². The zero-order valence-electron chi connectivity index (χ0n) is 16.3. The van der Waals surface area contributed by atoms with Crippen molar-refractivity contribution >= 4 is 37.5 Å². The fraction of sp³-hybridized carbons (Fsp3) is 0.429. The Hall–Kier alpha value is -1.93. The third-order valence-electron chi connectivity index (χ3n) is 5.75. The van der Waals surface area contributed by atoms with Crippen LogP contribution >= 0.6 is 15.9 Å². The third kappa shape index (κ3) is 4.19. The van der Waals surface area contributed by atoms with Gasteiger partial charge in [-0.2, -0.15) is 0 Å². The Morgan fingerprint density at radius 1 is 1.14 bits per heavy atom. The lowest BCUT2D eigenvalue weighted by molar-refractivity contribution is -0.131. The second kappa shape index (κ2) is 8.07. The number of likely N-dealkylation sites (tertiary alicyclic amines) is 1. The summed E-state index contributed by atoms with van der Waals surface area (Å²) >= 11 is 3.29. The van der Waals surface area contributed by atoms with E-state index in [1.807, 2.05) is 24.1 Å². The Labute approximate surface area is 180 Å². The van der Waals surface area contributed by atoms with E-state index in [0.29, 0.717) is 17.6 Å². The molecule has 4 rings (SSSR count). The van der Waals surface area contributed by atoms with Gasteiger partial charge in [-0.25, -0.2) is 13.4 Å². The summed E-state index contributed by atoms with van der Waals surface area (Å²) in [4.78, 5) is 21.8. The van der Waals surface area contributed by atoms with Gasteiger partial charge in [-0.05, 0) is 59.5 Å². The Morgan fingerprint density at radius 2 is 1.83 bits per heavy atom. The average molecular weight is 478 g/mol. The number of piperazine rings is 1. The Balaban J connectivity index is 1.40. The molecule has 2 bridgehead atoms. The quantitative estimate of drug-likeness (QED) is 0.660. The summed E-state index contributed by atoms with van der Waals surface area (Å²) in [5.74, 6) is 0.699. The first-order chi connectivity index (χ1) is 13.8. The molecule has 6 nitrogen and oxygen atoms in total. The lowest BCUT2D eigenvalue weighted by Crippen LogP contribution is -2.55. The van der Waals surface area contributed by atoms with Crippen LogP contribution in [0.1, 0.15) is 24.8 Å². The minimum Gasteiger partial charge on any atom is -0.347 e. The Kier molecular flexibility index (Phi) is 5.66. The molecule has 8 heteroatoms. The van der Waals surface area contributed by atoms with Gasteiger partial charge in [0.1, 0.15) is 5.82 Å². The van der Waals surface area contributed by atoms with Crippen molar-refractivity contribution in [2.24, 2.45) is 0 Å². The maximum absolute atomic E-state index is 12.8. The van der Waals surface area contributed by atoms with Crippen LogP contribution in [0.25, 0.3) is 0 Å². The number of hydrogen-bond acceptors (Lipinski definition) is 5. The van der Waals surface area contributed by atoms with E-state index in [-0.39, 0.29) is 35.1 Å². The topological polar surface area (TPSA) is 70.6 Å². The summed E-state index contributed by atoms with van der Waals surface area (Å²) in [6.45, 7) is 3.27. The molecule has 2 fully saturated rings. The van der Waals surface area contributed by atoms with Crippen LogP contribution in [-0.2, 0) is 14.6 Å². The van der Waals surface area contributed by atoms with Gasteiger partial charge in [0, 0.05) is 42.3 Å². The highest BCUT2D eigenvalue weighted by Crippen LogP contribution is 2.34. The number of sulfone groups is 1. The van der Waals surface area contributed by atoms with Crippen molar-refractivity contribution in [3.8, 4) is 0 Å². The van der Waals surface area contributed by atoms with E-state index in [0.717, 1.165) is 24.2 Å². The molecular weight excluding hydrogens is 454 g/mol. The number of hydrogen-bond donors (Lipinski definition) is 0. The van der Waals surface area contributed by atoms with E-state index in [9.17, 15) is 13.2 Å². The first kappa shape index (κ1) is 20.3. The van der Waals surface area contributed by atoms with Crippen LogP contribution in [0.5, 0.6) is 0 Å². The molecule has 1 aromatic carbocycles. The van der Waals surface area contributed by atoms with E-state index in [1.165, 1.54) is 0 Å². The van der Waals surface area contributed by atoms with Gasteiger partial charge < -0.3 is 9.80 Å². The second-order valence-electron chi connectivity index (χ2n) is 7.78. The molecule has 154 valence electrons. The largest absolute Gasteiger partial charge is 0.347 e. The Bertz CT molecular complexity index is 996. The molecule has 1 amide bonds. The molecule has 2 aliphatic rings. The molecule has 2 aromatic rings. The van der Waals surface area contributed by atoms with Crippen LogP contribution in [0.15, 0.2) is 52.0 Å². The molecule has 2 saturated heterocycles. The number of amides is 1. The zero-order chi connectivity index (χ0) is 20.6. The van der Waals surface area contributed by atoms with E-state index in [4.69, 9.17) is 0 Å². The Morgan fingerprint density at radius 3 is 2.45 bits per heavy atom. The summed E-state index contributed by atoms with van der Waals surface area (Å²) in [5, 5.41) is 0. The van der Waals surface area contributed by atoms with Crippen LogP contribution in [-0.4, -0.2) is 55.1 Å². The van der Waals surface area contributed by atoms with Crippen molar-refractivity contribution < 1.29 is 13.2 Å². The van der Waals surface area contributed by atoms with Crippen LogP contribution in [0.3, 0.4) is 0 Å². The predicted molar refractivity (Wildman–Crippen MR) is 116 cm³/mol. The summed E-state index contributed by atoms with van der Waals surface area (Å²) < 4.78 is 25.8. The fourth-order valence-corrected chi connectivity index (χ4v) is 6.62. The number of aryl methyl sites for hydroxylation is 1. The lowest BCUT2D eigenvalue weighted by Gasteiger charge is -2.41. The minimum atomic E-state index is -3.51. The van der Waals surface area contributed by atoms with Gasteiger partial charge in [-0.1, -0.05) is 18.2 Å². The van der Waals surface area contributed by atoms with Gasteiger partial charge in [-0.3, -0.25) is 4.79 Å². The van der Waals surface area contributed by atoms with Crippen LogP contribution in [0, 0.1) is 6.92 Å². The number of carbonyl (C=O) groups excluding carboxylic acids is 1. The smallest absolute Gasteiger partial charge is 0.223 e. The van der Waals surface area contributed by atoms with Crippen molar-refractivity contribution in [1.29, 1.82) is 0 Å². The standard InChI is InChI=1S/C21H24BrN3O3S/c1-15-6-9-20(23-12-15)25-16-7-8-17(25)14-24(13-16)21(26)10-11-29(27,28)19-5-3-2-4-18(19)22/h2-6,9,12,16-17H,7-8,10-11,13-14H2,1H3. The molecule has 0 N–H and O–H groups in total. The number of nitrogens with zero attached hydrogens (tertiary/aromatic N) is 3. The van der Waals surface area contributed by atoms with Crippen LogP contribution < -0.4 is 4.90 Å². The normalized spacial score (nSPS) is 21.4. The van der Waals surface area contributed by atoms with Crippen LogP contribution in [0.2, 0.25) is 0 Å². The molecule has 0 spiro atoms. The monoisotopic (exact) mass is 477 g/mol. The minimum absolute atomic E-state index is 0.00584. The SMILES string of the molecule is Cc1ccc(N2C3CCC2CN(C(=O)CCS(=O)(=O)c2ccccc2Br)C3)nc1. The molecule has 0 radical (unpaired) electrons. The number of anilines is 1. The van der Waals surface area contributed by atoms with Crippen molar-refractivity contribution in [1.82, 2.24) is 9.88 Å². The molecule has 2 aliphatic heterocycles. The maximum atomic E-state index is 12.8. The van der Waals surface area contributed by atoms with E-state index < -0.39 is 9.84 Å². The van der Waals surface area contributed by atoms with Crippen molar-refractivity contribution in [3.63, 3.8) is 0 Å². The number of benzene rings is 1. The molecular formula is C21H24BrN3O3S. The van der Waals surface area contributed by atoms with Crippen molar-refractivity contribution in [2.75, 3.05) is 23.7 Å². The first-order valence-corrected chi connectivity index (χ1v) is 12.3. The van der Waals surface area contributed by atoms with Crippen molar-refractivity contribution in [2.45, 2.75) is 43.2 Å². The summed E-state index contributed by atoms with van der Waals surface area (Å²) in [6.07, 6.45) is 3.93. The number of rotatable bonds is 5. The van der Waals surface area contributed by atoms with Gasteiger partial charge in [-0.15, -0.1) is 0 Å². The maximum Gasteiger partial charge on any atom is 0.223 e. The number of fused-ring (bicyclic) bond motifs is 2. The number of aromatic nitrogens is 1. The zero-order valence-corrected chi connectivity index (χ0v) is 18.7. The summed E-state index contributed by atoms with van der Waals surface area (Å²) in [6, 6.07) is 11.3. The summed E-state index contributed by atoms with van der Waals surface area (Å²) in [7, 11) is -3.51. The average Bonchev–Trinajstić information content (AvgIpc) is 2.96. The van der Waals surface area contributed by atoms with Crippen LogP contribution in [0.4, 0.5) is 5.82 Å². The van der Waals surface area contributed by atoms with Gasteiger partial charge in [0.15, 0.2) is 9.84 Å².